The minimum absolute atomic E-state index is 0.0578. The van der Waals surface area contributed by atoms with Gasteiger partial charge in [0.2, 0.25) is 11.8 Å². The molecule has 3 aliphatic heterocycles. The number of aliphatic hydroxyl groups excluding tert-OH is 1. The third kappa shape index (κ3) is 5.87. The summed E-state index contributed by atoms with van der Waals surface area (Å²) >= 11 is 3.71. The Kier molecular flexibility index (Phi) is 11.2. The van der Waals surface area contributed by atoms with E-state index < -0.39 is 41.6 Å². The number of likely N-dealkylation sites (tertiary alicyclic amines) is 1. The standard InChI is InChI=1S/C30H47BrN2O6/c1-7-11-12-13-16-38-29(37)23-24-27(35)33(22(18-34)19(5)10-4)26(30(24)17-21(31)25(23)39-30)28(36)32(15-9-3)20(6)14-8-2/h7,9,19-26,34H,1,3,8,10-18H2,2,4-6H3/t19-,20?,21?,22-,23-,24-,25-,26?,30?/m0/s1. The number of amides is 2. The van der Waals surface area contributed by atoms with Crippen molar-refractivity contribution in [3.63, 3.8) is 0 Å². The molecule has 0 aromatic carbocycles. The molecule has 0 aromatic heterocycles. The third-order valence-electron chi connectivity index (χ3n) is 8.97. The Morgan fingerprint density at radius 3 is 2.59 bits per heavy atom. The van der Waals surface area contributed by atoms with Gasteiger partial charge in [-0.05, 0) is 44.9 Å². The average Bonchev–Trinajstić information content (AvgIpc) is 3.50. The van der Waals surface area contributed by atoms with E-state index >= 15 is 0 Å². The Balaban J connectivity index is 2.04. The second-order valence-corrected chi connectivity index (χ2v) is 12.6. The summed E-state index contributed by atoms with van der Waals surface area (Å²) in [5, 5.41) is 10.5. The fourth-order valence-corrected chi connectivity index (χ4v) is 7.75. The van der Waals surface area contributed by atoms with E-state index in [1.54, 1.807) is 15.9 Å². The number of unbranched alkanes of at least 4 members (excludes halogenated alkanes) is 2. The summed E-state index contributed by atoms with van der Waals surface area (Å²) in [6.45, 7) is 16.0. The van der Waals surface area contributed by atoms with Gasteiger partial charge in [-0.15, -0.1) is 13.2 Å². The Bertz CT molecular complexity index is 914. The van der Waals surface area contributed by atoms with Crippen LogP contribution in [0.5, 0.6) is 0 Å². The SMILES string of the molecule is C=CCCCCOC(=O)[C@H]1[C@H]2C(=O)N([C@@H](CO)[C@@H](C)CC)C(C(=O)N(CC=C)C(C)CCC)C23CC(Br)[C@@H]1O3. The summed E-state index contributed by atoms with van der Waals surface area (Å²) in [6.07, 6.45) is 8.23. The van der Waals surface area contributed by atoms with Gasteiger partial charge >= 0.3 is 5.97 Å². The van der Waals surface area contributed by atoms with Crippen LogP contribution in [0.2, 0.25) is 0 Å². The average molecular weight is 612 g/mol. The number of carbonyl (C=O) groups excluding carboxylic acids is 3. The van der Waals surface area contributed by atoms with Crippen molar-refractivity contribution in [2.45, 2.75) is 107 Å². The van der Waals surface area contributed by atoms with Gasteiger partial charge in [-0.25, -0.2) is 0 Å². The number of nitrogens with zero attached hydrogens (tertiary/aromatic N) is 2. The van der Waals surface area contributed by atoms with Crippen molar-refractivity contribution < 1.29 is 29.0 Å². The van der Waals surface area contributed by atoms with Crippen molar-refractivity contribution in [2.75, 3.05) is 19.8 Å². The Morgan fingerprint density at radius 2 is 2.00 bits per heavy atom. The number of allylic oxidation sites excluding steroid dienone is 1. The molecule has 3 aliphatic rings. The first kappa shape index (κ1) is 31.8. The number of rotatable bonds is 16. The zero-order chi connectivity index (χ0) is 28.9. The third-order valence-corrected chi connectivity index (χ3v) is 9.82. The topological polar surface area (TPSA) is 96.4 Å². The number of alkyl halides is 1. The molecule has 3 fully saturated rings. The summed E-state index contributed by atoms with van der Waals surface area (Å²) in [7, 11) is 0. The van der Waals surface area contributed by atoms with Gasteiger partial charge in [-0.2, -0.15) is 0 Å². The van der Waals surface area contributed by atoms with Crippen molar-refractivity contribution in [2.24, 2.45) is 17.8 Å². The van der Waals surface area contributed by atoms with Gasteiger partial charge in [0.25, 0.3) is 0 Å². The van der Waals surface area contributed by atoms with Gasteiger partial charge in [0, 0.05) is 17.4 Å². The smallest absolute Gasteiger partial charge is 0.312 e. The molecule has 220 valence electrons. The maximum Gasteiger partial charge on any atom is 0.312 e. The molecule has 2 amide bonds. The maximum atomic E-state index is 14.5. The first-order valence-electron chi connectivity index (χ1n) is 14.6. The number of ether oxygens (including phenoxy) is 2. The van der Waals surface area contributed by atoms with E-state index in [0.717, 1.165) is 32.1 Å². The molecule has 0 aromatic rings. The first-order valence-corrected chi connectivity index (χ1v) is 15.5. The van der Waals surface area contributed by atoms with Crippen molar-refractivity contribution in [1.29, 1.82) is 0 Å². The number of hydrogen-bond acceptors (Lipinski definition) is 6. The van der Waals surface area contributed by atoms with Gasteiger partial charge in [-0.3, -0.25) is 14.4 Å². The molecule has 1 N–H and O–H groups in total. The quantitative estimate of drug-likeness (QED) is 0.121. The summed E-state index contributed by atoms with van der Waals surface area (Å²) in [5.74, 6) is -2.68. The van der Waals surface area contributed by atoms with Gasteiger partial charge in [0.1, 0.15) is 11.6 Å². The van der Waals surface area contributed by atoms with Crippen LogP contribution in [0.1, 0.15) is 72.6 Å². The molecule has 4 unspecified atom stereocenters. The zero-order valence-electron chi connectivity index (χ0n) is 24.0. The van der Waals surface area contributed by atoms with Crippen LogP contribution in [0.3, 0.4) is 0 Å². The number of halogens is 1. The Morgan fingerprint density at radius 1 is 1.28 bits per heavy atom. The molecule has 9 heteroatoms. The predicted molar refractivity (Wildman–Crippen MR) is 154 cm³/mol. The molecule has 3 heterocycles. The molecule has 0 aliphatic carbocycles. The molecule has 3 rings (SSSR count). The largest absolute Gasteiger partial charge is 0.465 e. The molecule has 1 spiro atoms. The number of fused-ring (bicyclic) bond motifs is 1. The van der Waals surface area contributed by atoms with E-state index in [4.69, 9.17) is 9.47 Å². The second-order valence-electron chi connectivity index (χ2n) is 11.4. The minimum Gasteiger partial charge on any atom is -0.465 e. The zero-order valence-corrected chi connectivity index (χ0v) is 25.6. The van der Waals surface area contributed by atoms with E-state index in [0.29, 0.717) is 19.4 Å². The monoisotopic (exact) mass is 610 g/mol. The van der Waals surface area contributed by atoms with E-state index in [1.165, 1.54) is 0 Å². The highest BCUT2D eigenvalue weighted by molar-refractivity contribution is 9.09. The van der Waals surface area contributed by atoms with Crippen LogP contribution in [0, 0.1) is 17.8 Å². The molecule has 9 atom stereocenters. The fourth-order valence-electron chi connectivity index (χ4n) is 6.80. The maximum absolute atomic E-state index is 14.5. The molecule has 0 radical (unpaired) electrons. The van der Waals surface area contributed by atoms with E-state index in [-0.39, 0.29) is 41.8 Å². The van der Waals surface area contributed by atoms with Gasteiger partial charge in [0.05, 0.1) is 37.2 Å². The summed E-state index contributed by atoms with van der Waals surface area (Å²) in [5.41, 5.74) is -1.17. The lowest BCUT2D eigenvalue weighted by Gasteiger charge is -2.42. The lowest BCUT2D eigenvalue weighted by Crippen LogP contribution is -2.61. The van der Waals surface area contributed by atoms with Crippen LogP contribution in [-0.4, -0.2) is 87.1 Å². The Hall–Kier alpha value is -1.71. The van der Waals surface area contributed by atoms with Crippen LogP contribution in [0.15, 0.2) is 25.3 Å². The molecular formula is C30H47BrN2O6. The highest BCUT2D eigenvalue weighted by atomic mass is 79.9. The van der Waals surface area contributed by atoms with Crippen LogP contribution in [0.25, 0.3) is 0 Å². The summed E-state index contributed by atoms with van der Waals surface area (Å²) in [4.78, 5) is 45.4. The van der Waals surface area contributed by atoms with E-state index in [2.05, 4.69) is 36.0 Å². The normalized spacial score (nSPS) is 31.5. The molecule has 2 bridgehead atoms. The first-order chi connectivity index (χ1) is 18.6. The number of hydrogen-bond donors (Lipinski definition) is 1. The van der Waals surface area contributed by atoms with E-state index in [9.17, 15) is 19.5 Å². The van der Waals surface area contributed by atoms with E-state index in [1.807, 2.05) is 26.8 Å². The number of carbonyl (C=O) groups is 3. The van der Waals surface area contributed by atoms with Crippen molar-refractivity contribution in [3.8, 4) is 0 Å². The van der Waals surface area contributed by atoms with Crippen LogP contribution in [-0.2, 0) is 23.9 Å². The molecule has 0 saturated carbocycles. The van der Waals surface area contributed by atoms with Gasteiger partial charge in [-0.1, -0.05) is 61.7 Å². The van der Waals surface area contributed by atoms with Crippen LogP contribution in [0.4, 0.5) is 0 Å². The molecular weight excluding hydrogens is 564 g/mol. The number of aliphatic hydroxyl groups is 1. The summed E-state index contributed by atoms with van der Waals surface area (Å²) in [6, 6.07) is -1.59. The van der Waals surface area contributed by atoms with Crippen LogP contribution >= 0.6 is 15.9 Å². The Labute approximate surface area is 242 Å². The molecule has 39 heavy (non-hydrogen) atoms. The minimum atomic E-state index is -1.17. The molecule has 8 nitrogen and oxygen atoms in total. The van der Waals surface area contributed by atoms with Crippen LogP contribution < -0.4 is 0 Å². The highest BCUT2D eigenvalue weighted by Gasteiger charge is 2.77. The van der Waals surface area contributed by atoms with Crippen molar-refractivity contribution in [1.82, 2.24) is 9.80 Å². The highest BCUT2D eigenvalue weighted by Crippen LogP contribution is 2.61. The van der Waals surface area contributed by atoms with Crippen molar-refractivity contribution in [3.05, 3.63) is 25.3 Å². The summed E-state index contributed by atoms with van der Waals surface area (Å²) < 4.78 is 12.3. The van der Waals surface area contributed by atoms with Crippen molar-refractivity contribution >= 4 is 33.7 Å². The van der Waals surface area contributed by atoms with Gasteiger partial charge < -0.3 is 24.4 Å². The fraction of sp³-hybridized carbons (Fsp3) is 0.767. The lowest BCUT2D eigenvalue weighted by atomic mass is 9.70. The lowest BCUT2D eigenvalue weighted by molar-refractivity contribution is -0.157. The predicted octanol–water partition coefficient (Wildman–Crippen LogP) is 4.24. The molecule has 3 saturated heterocycles. The number of esters is 1. The second kappa shape index (κ2) is 13.8. The van der Waals surface area contributed by atoms with Gasteiger partial charge in [0.15, 0.2) is 0 Å².